The van der Waals surface area contributed by atoms with Crippen LogP contribution in [0.5, 0.6) is 0 Å². The van der Waals surface area contributed by atoms with E-state index in [1.807, 2.05) is 6.92 Å². The summed E-state index contributed by atoms with van der Waals surface area (Å²) in [5.74, 6) is 0. The summed E-state index contributed by atoms with van der Waals surface area (Å²) >= 11 is 1.75. The van der Waals surface area contributed by atoms with Crippen LogP contribution in [0.15, 0.2) is 0 Å². The Kier molecular flexibility index (Phi) is 3.95. The van der Waals surface area contributed by atoms with Gasteiger partial charge in [0.2, 0.25) is 0 Å². The molecule has 0 aliphatic heterocycles. The number of nitrogens with one attached hydrogen (secondary N) is 1. The van der Waals surface area contributed by atoms with Crippen LogP contribution >= 0.6 is 11.3 Å². The monoisotopic (exact) mass is 240 g/mol. The molecule has 4 heteroatoms. The predicted octanol–water partition coefficient (Wildman–Crippen LogP) is 3.28. The Morgan fingerprint density at radius 3 is 2.62 bits per heavy atom. The Bertz CT molecular complexity index is 345. The molecule has 0 radical (unpaired) electrons. The summed E-state index contributed by atoms with van der Waals surface area (Å²) in [5.41, 5.74) is 4.29. The Balaban J connectivity index is 1.87. The molecule has 1 N–H and O–H groups in total. The van der Waals surface area contributed by atoms with Gasteiger partial charge in [0.05, 0.1) is 22.8 Å². The average Bonchev–Trinajstić information content (AvgIpc) is 2.84. The summed E-state index contributed by atoms with van der Waals surface area (Å²) in [4.78, 5) is 11.4. The maximum atomic E-state index is 5.71. The van der Waals surface area contributed by atoms with Gasteiger partial charge < -0.3 is 0 Å². The highest BCUT2D eigenvalue weighted by Crippen LogP contribution is 2.26. The maximum absolute atomic E-state index is 5.71. The fourth-order valence-electron chi connectivity index (χ4n) is 2.21. The number of hydrogen-bond donors (Lipinski definition) is 1. The number of nitrogens with zero attached hydrogens (tertiary/aromatic N) is 1. The first-order valence-corrected chi connectivity index (χ1v) is 6.83. The van der Waals surface area contributed by atoms with Crippen molar-refractivity contribution in [2.45, 2.75) is 58.6 Å². The molecule has 1 saturated carbocycles. The molecule has 1 aromatic rings. The van der Waals surface area contributed by atoms with Gasteiger partial charge in [0, 0.05) is 4.88 Å². The Morgan fingerprint density at radius 2 is 2.06 bits per heavy atom. The van der Waals surface area contributed by atoms with Gasteiger partial charge in [-0.1, -0.05) is 12.8 Å². The smallest absolute Gasteiger partial charge is 0.0900 e. The largest absolute Gasteiger partial charge is 0.298 e. The molecular weight excluding hydrogens is 220 g/mol. The fraction of sp³-hybridized carbons (Fsp3) is 0.750. The van der Waals surface area contributed by atoms with E-state index >= 15 is 0 Å². The van der Waals surface area contributed by atoms with Crippen LogP contribution in [0.25, 0.3) is 0 Å². The topological polar surface area (TPSA) is 34.2 Å². The third kappa shape index (κ3) is 2.81. The van der Waals surface area contributed by atoms with Crippen molar-refractivity contribution < 1.29 is 4.84 Å². The summed E-state index contributed by atoms with van der Waals surface area (Å²) in [6.45, 7) is 6.24. The lowest BCUT2D eigenvalue weighted by atomic mass is 10.2. The standard InChI is InChI=1S/C12H20N2OS/c1-8-12(16-10(3)13-8)9(2)14-15-11-6-4-5-7-11/h9,11,14H,4-7H2,1-3H3. The van der Waals surface area contributed by atoms with Crippen molar-refractivity contribution in [1.82, 2.24) is 10.5 Å². The van der Waals surface area contributed by atoms with E-state index in [0.717, 1.165) is 10.7 Å². The zero-order chi connectivity index (χ0) is 11.5. The van der Waals surface area contributed by atoms with E-state index in [2.05, 4.69) is 24.3 Å². The quantitative estimate of drug-likeness (QED) is 0.820. The molecule has 1 heterocycles. The van der Waals surface area contributed by atoms with Gasteiger partial charge in [-0.3, -0.25) is 4.84 Å². The minimum absolute atomic E-state index is 0.242. The molecule has 1 aliphatic carbocycles. The van der Waals surface area contributed by atoms with Gasteiger partial charge in [0.15, 0.2) is 0 Å². The second-order valence-electron chi connectivity index (χ2n) is 4.55. The SMILES string of the molecule is Cc1nc(C)c(C(C)NOC2CCCC2)s1. The molecule has 1 aliphatic rings. The molecule has 3 nitrogen and oxygen atoms in total. The molecule has 16 heavy (non-hydrogen) atoms. The lowest BCUT2D eigenvalue weighted by Gasteiger charge is -2.16. The van der Waals surface area contributed by atoms with E-state index in [1.165, 1.54) is 30.6 Å². The summed E-state index contributed by atoms with van der Waals surface area (Å²) in [5, 5.41) is 1.13. The van der Waals surface area contributed by atoms with Crippen molar-refractivity contribution in [3.8, 4) is 0 Å². The van der Waals surface area contributed by atoms with Crippen molar-refractivity contribution in [3.63, 3.8) is 0 Å². The molecule has 1 unspecified atom stereocenters. The first kappa shape index (κ1) is 12.0. The van der Waals surface area contributed by atoms with Crippen molar-refractivity contribution in [3.05, 3.63) is 15.6 Å². The molecule has 0 amide bonds. The third-order valence-corrected chi connectivity index (χ3v) is 4.30. The van der Waals surface area contributed by atoms with Crippen LogP contribution in [-0.2, 0) is 4.84 Å². The normalized spacial score (nSPS) is 19.2. The first-order chi connectivity index (χ1) is 7.66. The summed E-state index contributed by atoms with van der Waals surface area (Å²) < 4.78 is 0. The Hall–Kier alpha value is -0.450. The average molecular weight is 240 g/mol. The molecular formula is C12H20N2OS. The minimum atomic E-state index is 0.242. The number of thiazole rings is 1. The van der Waals surface area contributed by atoms with Gasteiger partial charge in [-0.15, -0.1) is 11.3 Å². The van der Waals surface area contributed by atoms with E-state index in [4.69, 9.17) is 4.84 Å². The van der Waals surface area contributed by atoms with Gasteiger partial charge >= 0.3 is 0 Å². The Labute approximate surface area is 101 Å². The number of hydrogen-bond acceptors (Lipinski definition) is 4. The highest BCUT2D eigenvalue weighted by atomic mass is 32.1. The van der Waals surface area contributed by atoms with Crippen LogP contribution in [0.4, 0.5) is 0 Å². The molecule has 0 aromatic carbocycles. The lowest BCUT2D eigenvalue weighted by Crippen LogP contribution is -2.24. The van der Waals surface area contributed by atoms with E-state index in [-0.39, 0.29) is 6.04 Å². The zero-order valence-corrected chi connectivity index (χ0v) is 11.1. The maximum Gasteiger partial charge on any atom is 0.0900 e. The molecule has 90 valence electrons. The van der Waals surface area contributed by atoms with Crippen LogP contribution in [0.3, 0.4) is 0 Å². The lowest BCUT2D eigenvalue weighted by molar-refractivity contribution is -0.0372. The van der Waals surface area contributed by atoms with Gasteiger partial charge in [-0.25, -0.2) is 4.98 Å². The van der Waals surface area contributed by atoms with Crippen molar-refractivity contribution in [2.24, 2.45) is 0 Å². The second kappa shape index (κ2) is 5.25. The van der Waals surface area contributed by atoms with E-state index < -0.39 is 0 Å². The summed E-state index contributed by atoms with van der Waals surface area (Å²) in [6, 6.07) is 0.242. The molecule has 2 rings (SSSR count). The number of rotatable bonds is 4. The highest BCUT2D eigenvalue weighted by Gasteiger charge is 2.18. The van der Waals surface area contributed by atoms with Crippen molar-refractivity contribution in [1.29, 1.82) is 0 Å². The zero-order valence-electron chi connectivity index (χ0n) is 10.2. The molecule has 0 spiro atoms. The third-order valence-electron chi connectivity index (χ3n) is 3.05. The summed E-state index contributed by atoms with van der Waals surface area (Å²) in [7, 11) is 0. The van der Waals surface area contributed by atoms with E-state index in [0.29, 0.717) is 6.10 Å². The number of aryl methyl sites for hydroxylation is 2. The second-order valence-corrected chi connectivity index (χ2v) is 5.78. The first-order valence-electron chi connectivity index (χ1n) is 6.02. The predicted molar refractivity (Wildman–Crippen MR) is 66.5 cm³/mol. The van der Waals surface area contributed by atoms with Gasteiger partial charge in [0.25, 0.3) is 0 Å². The van der Waals surface area contributed by atoms with Crippen molar-refractivity contribution in [2.75, 3.05) is 0 Å². The number of aromatic nitrogens is 1. The molecule has 1 atom stereocenters. The fourth-order valence-corrected chi connectivity index (χ4v) is 3.13. The van der Waals surface area contributed by atoms with E-state index in [9.17, 15) is 0 Å². The highest BCUT2D eigenvalue weighted by molar-refractivity contribution is 7.11. The van der Waals surface area contributed by atoms with Crippen LogP contribution in [0, 0.1) is 13.8 Å². The van der Waals surface area contributed by atoms with Gasteiger partial charge in [-0.2, -0.15) is 5.48 Å². The van der Waals surface area contributed by atoms with Crippen molar-refractivity contribution >= 4 is 11.3 Å². The van der Waals surface area contributed by atoms with E-state index in [1.54, 1.807) is 11.3 Å². The van der Waals surface area contributed by atoms with Gasteiger partial charge in [-0.05, 0) is 33.6 Å². The van der Waals surface area contributed by atoms with Gasteiger partial charge in [0.1, 0.15) is 0 Å². The number of hydroxylamine groups is 1. The molecule has 1 aromatic heterocycles. The van der Waals surface area contributed by atoms with Crippen LogP contribution < -0.4 is 5.48 Å². The minimum Gasteiger partial charge on any atom is -0.298 e. The summed E-state index contributed by atoms with van der Waals surface area (Å²) in [6.07, 6.45) is 5.41. The van der Waals surface area contributed by atoms with Crippen LogP contribution in [0.2, 0.25) is 0 Å². The molecule has 0 bridgehead atoms. The molecule has 0 saturated heterocycles. The van der Waals surface area contributed by atoms with Crippen LogP contribution in [0.1, 0.15) is 54.2 Å². The van der Waals surface area contributed by atoms with Crippen LogP contribution in [-0.4, -0.2) is 11.1 Å². The molecule has 1 fully saturated rings. The Morgan fingerprint density at radius 1 is 1.38 bits per heavy atom.